The number of hydrogen-bond acceptors (Lipinski definition) is 4. The molecule has 0 amide bonds. The summed E-state index contributed by atoms with van der Waals surface area (Å²) < 4.78 is 2.18. The van der Waals surface area contributed by atoms with Crippen LogP contribution >= 0.6 is 23.4 Å². The first-order chi connectivity index (χ1) is 15.9. The summed E-state index contributed by atoms with van der Waals surface area (Å²) >= 11 is 8.07. The lowest BCUT2D eigenvalue weighted by atomic mass is 9.87. The molecule has 5 aromatic rings. The zero-order valence-corrected chi connectivity index (χ0v) is 20.5. The number of thioether (sulfide) groups is 1. The van der Waals surface area contributed by atoms with Crippen molar-refractivity contribution in [2.24, 2.45) is 0 Å². The highest BCUT2D eigenvalue weighted by atomic mass is 35.5. The van der Waals surface area contributed by atoms with E-state index in [4.69, 9.17) is 16.6 Å². The van der Waals surface area contributed by atoms with Gasteiger partial charge in [0.15, 0.2) is 5.65 Å². The molecule has 0 spiro atoms. The minimum Gasteiger partial charge on any atom is -0.319 e. The maximum absolute atomic E-state index is 6.47. The summed E-state index contributed by atoms with van der Waals surface area (Å²) in [4.78, 5) is 4.92. The number of halogens is 1. The fourth-order valence-corrected chi connectivity index (χ4v) is 4.89. The van der Waals surface area contributed by atoms with Crippen molar-refractivity contribution >= 4 is 45.4 Å². The molecule has 5 rings (SSSR count). The highest BCUT2D eigenvalue weighted by Crippen LogP contribution is 2.30. The highest BCUT2D eigenvalue weighted by molar-refractivity contribution is 7.98. The van der Waals surface area contributed by atoms with Crippen molar-refractivity contribution in [1.29, 1.82) is 0 Å². The molecule has 0 saturated carbocycles. The second-order valence-electron chi connectivity index (χ2n) is 9.20. The Hall–Kier alpha value is -2.89. The minimum atomic E-state index is 0.152. The van der Waals surface area contributed by atoms with E-state index in [1.165, 1.54) is 11.1 Å². The number of aromatic nitrogens is 4. The van der Waals surface area contributed by atoms with Crippen molar-refractivity contribution in [2.75, 3.05) is 0 Å². The number of hydrogen-bond donors (Lipinski definition) is 0. The molecule has 0 aliphatic heterocycles. The van der Waals surface area contributed by atoms with E-state index in [0.29, 0.717) is 11.7 Å². The van der Waals surface area contributed by atoms with Gasteiger partial charge in [0.2, 0.25) is 5.16 Å². The third kappa shape index (κ3) is 4.48. The molecule has 0 aliphatic carbocycles. The average molecular weight is 473 g/mol. The van der Waals surface area contributed by atoms with Gasteiger partial charge < -0.3 is 4.57 Å². The van der Waals surface area contributed by atoms with Gasteiger partial charge in [-0.2, -0.15) is 0 Å². The van der Waals surface area contributed by atoms with Crippen molar-refractivity contribution in [3.8, 4) is 0 Å². The lowest BCUT2D eigenvalue weighted by Gasteiger charge is -2.19. The van der Waals surface area contributed by atoms with Gasteiger partial charge in [0.25, 0.3) is 0 Å². The molecular weight excluding hydrogens is 448 g/mol. The van der Waals surface area contributed by atoms with Crippen LogP contribution in [0.15, 0.2) is 78.0 Å². The third-order valence-electron chi connectivity index (χ3n) is 5.83. The summed E-state index contributed by atoms with van der Waals surface area (Å²) in [5, 5.41) is 11.5. The van der Waals surface area contributed by atoms with Crippen molar-refractivity contribution in [1.82, 2.24) is 19.7 Å². The number of benzene rings is 3. The first-order valence-electron chi connectivity index (χ1n) is 11.0. The number of fused-ring (bicyclic) bond motifs is 3. The largest absolute Gasteiger partial charge is 0.319 e. The summed E-state index contributed by atoms with van der Waals surface area (Å²) in [6, 6.07) is 24.9. The summed E-state index contributed by atoms with van der Waals surface area (Å²) in [5.41, 5.74) is 6.50. The van der Waals surface area contributed by atoms with Crippen LogP contribution in [0.1, 0.15) is 37.5 Å². The second-order valence-corrected chi connectivity index (χ2v) is 10.5. The summed E-state index contributed by atoms with van der Waals surface area (Å²) in [6.45, 7) is 7.31. The van der Waals surface area contributed by atoms with Gasteiger partial charge in [-0.25, -0.2) is 4.98 Å². The van der Waals surface area contributed by atoms with Crippen LogP contribution in [-0.4, -0.2) is 19.7 Å². The van der Waals surface area contributed by atoms with Gasteiger partial charge in [0, 0.05) is 16.2 Å². The smallest absolute Gasteiger partial charge is 0.211 e. The molecule has 3 aromatic carbocycles. The van der Waals surface area contributed by atoms with Crippen molar-refractivity contribution in [3.05, 3.63) is 94.5 Å². The van der Waals surface area contributed by atoms with E-state index in [1.807, 2.05) is 30.3 Å². The topological polar surface area (TPSA) is 43.6 Å². The van der Waals surface area contributed by atoms with Gasteiger partial charge >= 0.3 is 0 Å². The van der Waals surface area contributed by atoms with Crippen LogP contribution in [0.3, 0.4) is 0 Å². The van der Waals surface area contributed by atoms with Crippen LogP contribution in [0.4, 0.5) is 0 Å². The second kappa shape index (κ2) is 8.81. The van der Waals surface area contributed by atoms with Gasteiger partial charge in [-0.1, -0.05) is 105 Å². The Bertz CT molecular complexity index is 1430. The molecule has 2 aromatic heterocycles. The van der Waals surface area contributed by atoms with Gasteiger partial charge in [-0.15, -0.1) is 10.2 Å². The standard InChI is InChI=1S/C27H25ClN4S/c1-27(2,3)20-14-12-18(13-15-20)17-33-26-29-25-24(30-31-26)21-9-5-7-11-23(21)32(25)16-19-8-4-6-10-22(19)28/h4-15H,16-17H2,1-3H3. The predicted octanol–water partition coefficient (Wildman–Crippen LogP) is 7.27. The number of nitrogens with zero attached hydrogens (tertiary/aromatic N) is 4. The van der Waals surface area contributed by atoms with E-state index in [1.54, 1.807) is 11.8 Å². The Labute approximate surface area is 203 Å². The van der Waals surface area contributed by atoms with E-state index in [0.717, 1.165) is 38.4 Å². The van der Waals surface area contributed by atoms with Crippen LogP contribution in [-0.2, 0) is 17.7 Å². The normalized spacial score (nSPS) is 12.0. The Morgan fingerprint density at radius 1 is 0.879 bits per heavy atom. The highest BCUT2D eigenvalue weighted by Gasteiger charge is 2.16. The minimum absolute atomic E-state index is 0.152. The van der Waals surface area contributed by atoms with E-state index in [-0.39, 0.29) is 5.41 Å². The summed E-state index contributed by atoms with van der Waals surface area (Å²) in [6.07, 6.45) is 0. The maximum Gasteiger partial charge on any atom is 0.211 e. The first kappa shape index (κ1) is 21.9. The third-order valence-corrected chi connectivity index (χ3v) is 7.11. The molecule has 2 heterocycles. The summed E-state index contributed by atoms with van der Waals surface area (Å²) in [5.74, 6) is 0.794. The van der Waals surface area contributed by atoms with E-state index < -0.39 is 0 Å². The Balaban J connectivity index is 1.48. The lowest BCUT2D eigenvalue weighted by molar-refractivity contribution is 0.590. The van der Waals surface area contributed by atoms with Crippen LogP contribution < -0.4 is 0 Å². The van der Waals surface area contributed by atoms with Crippen molar-refractivity contribution in [3.63, 3.8) is 0 Å². The molecular formula is C27H25ClN4S. The molecule has 6 heteroatoms. The maximum atomic E-state index is 6.47. The van der Waals surface area contributed by atoms with Gasteiger partial charge in [0.1, 0.15) is 5.52 Å². The van der Waals surface area contributed by atoms with Gasteiger partial charge in [0.05, 0.1) is 12.1 Å². The van der Waals surface area contributed by atoms with Crippen molar-refractivity contribution < 1.29 is 0 Å². The molecule has 0 aliphatic rings. The SMILES string of the molecule is CC(C)(C)c1ccc(CSc2nnc3c4ccccc4n(Cc4ccccc4Cl)c3n2)cc1. The zero-order valence-electron chi connectivity index (χ0n) is 18.9. The van der Waals surface area contributed by atoms with Gasteiger partial charge in [-0.05, 0) is 34.2 Å². The summed E-state index contributed by atoms with van der Waals surface area (Å²) in [7, 11) is 0. The molecule has 0 N–H and O–H groups in total. The molecule has 166 valence electrons. The van der Waals surface area contributed by atoms with E-state index in [9.17, 15) is 0 Å². The van der Waals surface area contributed by atoms with Crippen LogP contribution in [0.5, 0.6) is 0 Å². The number of para-hydroxylation sites is 1. The van der Waals surface area contributed by atoms with Crippen LogP contribution in [0.25, 0.3) is 22.1 Å². The number of rotatable bonds is 5. The molecule has 4 nitrogen and oxygen atoms in total. The molecule has 0 unspecified atom stereocenters. The molecule has 0 atom stereocenters. The fourth-order valence-electron chi connectivity index (χ4n) is 3.96. The Kier molecular flexibility index (Phi) is 5.85. The van der Waals surface area contributed by atoms with Crippen LogP contribution in [0.2, 0.25) is 5.02 Å². The lowest BCUT2D eigenvalue weighted by Crippen LogP contribution is -2.10. The molecule has 0 saturated heterocycles. The average Bonchev–Trinajstić information content (AvgIpc) is 3.12. The molecule has 0 fully saturated rings. The Morgan fingerprint density at radius 3 is 2.36 bits per heavy atom. The molecule has 0 bridgehead atoms. The van der Waals surface area contributed by atoms with Crippen molar-refractivity contribution in [2.45, 2.75) is 43.6 Å². The quantitative estimate of drug-likeness (QED) is 0.252. The van der Waals surface area contributed by atoms with Gasteiger partial charge in [-0.3, -0.25) is 0 Å². The monoisotopic (exact) mass is 472 g/mol. The van der Waals surface area contributed by atoms with E-state index >= 15 is 0 Å². The predicted molar refractivity (Wildman–Crippen MR) is 138 cm³/mol. The zero-order chi connectivity index (χ0) is 23.0. The first-order valence-corrected chi connectivity index (χ1v) is 12.3. The fraction of sp³-hybridized carbons (Fsp3) is 0.222. The van der Waals surface area contributed by atoms with Crippen LogP contribution in [0, 0.1) is 0 Å². The van der Waals surface area contributed by atoms with E-state index in [2.05, 4.69) is 78.0 Å². The molecule has 0 radical (unpaired) electrons. The Morgan fingerprint density at radius 2 is 1.61 bits per heavy atom. The molecule has 33 heavy (non-hydrogen) atoms.